The number of primary amides is 1. The summed E-state index contributed by atoms with van der Waals surface area (Å²) in [6, 6.07) is -0.0531. The van der Waals surface area contributed by atoms with E-state index in [9.17, 15) is 4.79 Å². The van der Waals surface area contributed by atoms with Crippen LogP contribution in [0.2, 0.25) is 0 Å². The second-order valence-corrected chi connectivity index (χ2v) is 3.59. The minimum Gasteiger partial charge on any atom is -0.370 e. The normalized spacial score (nSPS) is 13.3. The maximum atomic E-state index is 10.5. The predicted molar refractivity (Wildman–Crippen MR) is 59.7 cm³/mol. The molecule has 0 aliphatic carbocycles. The predicted octanol–water partition coefficient (Wildman–Crippen LogP) is 1.72. The van der Waals surface area contributed by atoms with Crippen LogP contribution in [0.25, 0.3) is 0 Å². The Balaban J connectivity index is 3.27. The molecule has 0 rings (SSSR count). The van der Waals surface area contributed by atoms with Crippen LogP contribution in [0.1, 0.15) is 45.4 Å². The van der Waals surface area contributed by atoms with Crippen molar-refractivity contribution in [2.24, 2.45) is 11.5 Å². The molecule has 3 nitrogen and oxygen atoms in total. The van der Waals surface area contributed by atoms with Crippen molar-refractivity contribution in [3.8, 4) is 0 Å². The molecule has 14 heavy (non-hydrogen) atoms. The number of nitrogens with two attached hydrogens (primary N) is 2. The van der Waals surface area contributed by atoms with Crippen LogP contribution in [0, 0.1) is 0 Å². The fraction of sp³-hybridized carbons (Fsp3) is 0.727. The lowest BCUT2D eigenvalue weighted by Gasteiger charge is -2.07. The maximum absolute atomic E-state index is 10.5. The third kappa shape index (κ3) is 9.26. The molecule has 1 atom stereocenters. The molecule has 0 saturated carbocycles. The van der Waals surface area contributed by atoms with Crippen molar-refractivity contribution in [2.45, 2.75) is 51.5 Å². The zero-order valence-corrected chi connectivity index (χ0v) is 9.04. The molecule has 0 aliphatic rings. The van der Waals surface area contributed by atoms with Gasteiger partial charge in [0.2, 0.25) is 5.91 Å². The van der Waals surface area contributed by atoms with E-state index in [0.717, 1.165) is 32.1 Å². The highest BCUT2D eigenvalue weighted by atomic mass is 16.1. The summed E-state index contributed by atoms with van der Waals surface area (Å²) >= 11 is 0. The molecule has 4 N–H and O–H groups in total. The summed E-state index contributed by atoms with van der Waals surface area (Å²) in [7, 11) is 0. The first-order valence-electron chi connectivity index (χ1n) is 5.35. The summed E-state index contributed by atoms with van der Waals surface area (Å²) < 4.78 is 0. The van der Waals surface area contributed by atoms with Gasteiger partial charge in [0.05, 0.1) is 0 Å². The van der Waals surface area contributed by atoms with Gasteiger partial charge in [-0.15, -0.1) is 0 Å². The minimum atomic E-state index is -0.302. The summed E-state index contributed by atoms with van der Waals surface area (Å²) in [4.78, 5) is 10.5. The van der Waals surface area contributed by atoms with E-state index in [1.54, 1.807) is 0 Å². The lowest BCUT2D eigenvalue weighted by Crippen LogP contribution is -2.27. The van der Waals surface area contributed by atoms with Crippen molar-refractivity contribution in [2.75, 3.05) is 0 Å². The number of amides is 1. The maximum Gasteiger partial charge on any atom is 0.218 e. The molecular weight excluding hydrogens is 176 g/mol. The second kappa shape index (κ2) is 8.75. The average molecular weight is 198 g/mol. The fourth-order valence-electron chi connectivity index (χ4n) is 1.31. The van der Waals surface area contributed by atoms with Gasteiger partial charge in [0.15, 0.2) is 0 Å². The van der Waals surface area contributed by atoms with Gasteiger partial charge >= 0.3 is 0 Å². The Morgan fingerprint density at radius 2 is 2.07 bits per heavy atom. The number of rotatable bonds is 8. The van der Waals surface area contributed by atoms with E-state index in [4.69, 9.17) is 11.5 Å². The average Bonchev–Trinajstić information content (AvgIpc) is 2.10. The van der Waals surface area contributed by atoms with Crippen molar-refractivity contribution in [3.63, 3.8) is 0 Å². The molecule has 0 aromatic rings. The standard InChI is InChI=1S/C11H22N2O/c1-2-3-4-5-6-7-8-10(12)9-11(13)14/h3-4,10H,2,5-9,12H2,1H3,(H2,13,14)/b4-3-. The van der Waals surface area contributed by atoms with E-state index in [1.807, 2.05) is 0 Å². The van der Waals surface area contributed by atoms with Crippen LogP contribution in [0.3, 0.4) is 0 Å². The molecule has 82 valence electrons. The largest absolute Gasteiger partial charge is 0.370 e. The van der Waals surface area contributed by atoms with Gasteiger partial charge in [0.25, 0.3) is 0 Å². The van der Waals surface area contributed by atoms with Crippen molar-refractivity contribution in [1.29, 1.82) is 0 Å². The number of unbranched alkanes of at least 4 members (excludes halogenated alkanes) is 2. The number of carbonyl (C=O) groups excluding carboxylic acids is 1. The molecular formula is C11H22N2O. The summed E-state index contributed by atoms with van der Waals surface area (Å²) in [5.74, 6) is -0.302. The molecule has 0 aromatic heterocycles. The summed E-state index contributed by atoms with van der Waals surface area (Å²) in [6.45, 7) is 2.12. The Kier molecular flexibility index (Phi) is 8.24. The van der Waals surface area contributed by atoms with Crippen molar-refractivity contribution in [1.82, 2.24) is 0 Å². The van der Waals surface area contributed by atoms with E-state index in [1.165, 1.54) is 0 Å². The highest BCUT2D eigenvalue weighted by Gasteiger charge is 2.04. The molecule has 0 radical (unpaired) electrons. The molecule has 0 aliphatic heterocycles. The summed E-state index contributed by atoms with van der Waals surface area (Å²) in [6.07, 6.45) is 9.99. The van der Waals surface area contributed by atoms with E-state index >= 15 is 0 Å². The van der Waals surface area contributed by atoms with Gasteiger partial charge in [-0.05, 0) is 25.7 Å². The first-order chi connectivity index (χ1) is 6.66. The van der Waals surface area contributed by atoms with Crippen LogP contribution >= 0.6 is 0 Å². The molecule has 1 unspecified atom stereocenters. The minimum absolute atomic E-state index is 0.0531. The Labute approximate surface area is 86.5 Å². The first kappa shape index (κ1) is 13.2. The van der Waals surface area contributed by atoms with Gasteiger partial charge in [0.1, 0.15) is 0 Å². The molecule has 0 spiro atoms. The van der Waals surface area contributed by atoms with Gasteiger partial charge in [-0.25, -0.2) is 0 Å². The lowest BCUT2D eigenvalue weighted by atomic mass is 10.1. The van der Waals surface area contributed by atoms with Crippen LogP contribution in [-0.4, -0.2) is 11.9 Å². The van der Waals surface area contributed by atoms with Crippen molar-refractivity contribution >= 4 is 5.91 Å². The van der Waals surface area contributed by atoms with Gasteiger partial charge in [-0.2, -0.15) is 0 Å². The monoisotopic (exact) mass is 198 g/mol. The number of hydrogen-bond acceptors (Lipinski definition) is 2. The number of hydrogen-bond donors (Lipinski definition) is 2. The highest BCUT2D eigenvalue weighted by molar-refractivity contribution is 5.74. The first-order valence-corrected chi connectivity index (χ1v) is 5.35. The van der Waals surface area contributed by atoms with Crippen LogP contribution in [0.5, 0.6) is 0 Å². The zero-order valence-electron chi connectivity index (χ0n) is 9.04. The van der Waals surface area contributed by atoms with E-state index in [2.05, 4.69) is 19.1 Å². The zero-order chi connectivity index (χ0) is 10.8. The molecule has 3 heteroatoms. The molecule has 0 heterocycles. The Morgan fingerprint density at radius 3 is 2.64 bits per heavy atom. The number of allylic oxidation sites excluding steroid dienone is 2. The highest BCUT2D eigenvalue weighted by Crippen LogP contribution is 2.05. The van der Waals surface area contributed by atoms with Crippen LogP contribution < -0.4 is 11.5 Å². The lowest BCUT2D eigenvalue weighted by molar-refractivity contribution is -0.118. The third-order valence-electron chi connectivity index (χ3n) is 2.06. The second-order valence-electron chi connectivity index (χ2n) is 3.59. The Bertz CT molecular complexity index is 178. The Hall–Kier alpha value is -0.830. The van der Waals surface area contributed by atoms with Crippen LogP contribution in [0.4, 0.5) is 0 Å². The molecule has 0 saturated heterocycles. The Morgan fingerprint density at radius 1 is 1.36 bits per heavy atom. The molecule has 0 fully saturated rings. The van der Waals surface area contributed by atoms with E-state index in [-0.39, 0.29) is 11.9 Å². The SMILES string of the molecule is CC/C=C\CCCCC(N)CC(N)=O. The molecule has 0 aromatic carbocycles. The third-order valence-corrected chi connectivity index (χ3v) is 2.06. The fourth-order valence-corrected chi connectivity index (χ4v) is 1.31. The summed E-state index contributed by atoms with van der Waals surface area (Å²) in [5, 5.41) is 0. The topological polar surface area (TPSA) is 69.1 Å². The van der Waals surface area contributed by atoms with Crippen molar-refractivity contribution < 1.29 is 4.79 Å². The van der Waals surface area contributed by atoms with Gasteiger partial charge in [-0.3, -0.25) is 4.79 Å². The molecule has 0 bridgehead atoms. The van der Waals surface area contributed by atoms with E-state index < -0.39 is 0 Å². The van der Waals surface area contributed by atoms with Gasteiger partial charge < -0.3 is 11.5 Å². The smallest absolute Gasteiger partial charge is 0.218 e. The number of carbonyl (C=O) groups is 1. The van der Waals surface area contributed by atoms with Crippen LogP contribution in [0.15, 0.2) is 12.2 Å². The van der Waals surface area contributed by atoms with E-state index in [0.29, 0.717) is 6.42 Å². The van der Waals surface area contributed by atoms with Crippen LogP contribution in [-0.2, 0) is 4.79 Å². The van der Waals surface area contributed by atoms with Gasteiger partial charge in [0, 0.05) is 12.5 Å². The summed E-state index contributed by atoms with van der Waals surface area (Å²) in [5.41, 5.74) is 10.7. The quantitative estimate of drug-likeness (QED) is 0.460. The van der Waals surface area contributed by atoms with Gasteiger partial charge in [-0.1, -0.05) is 25.5 Å². The van der Waals surface area contributed by atoms with Crippen molar-refractivity contribution in [3.05, 3.63) is 12.2 Å². The molecule has 1 amide bonds.